The van der Waals surface area contributed by atoms with Crippen molar-refractivity contribution in [2.45, 2.75) is 71.3 Å². The van der Waals surface area contributed by atoms with E-state index in [2.05, 4.69) is 23.9 Å². The first kappa shape index (κ1) is 15.1. The van der Waals surface area contributed by atoms with Gasteiger partial charge in [-0.05, 0) is 26.2 Å². The Morgan fingerprint density at radius 2 is 1.80 bits per heavy atom. The highest BCUT2D eigenvalue weighted by atomic mass is 15.2. The highest BCUT2D eigenvalue weighted by molar-refractivity contribution is 5.56. The third-order valence-corrected chi connectivity index (χ3v) is 4.38. The highest BCUT2D eigenvalue weighted by Gasteiger charge is 2.21. The summed E-state index contributed by atoms with van der Waals surface area (Å²) < 4.78 is 0. The minimum atomic E-state index is 0.597. The zero-order valence-electron chi connectivity index (χ0n) is 13.2. The van der Waals surface area contributed by atoms with E-state index in [0.717, 1.165) is 30.0 Å². The van der Waals surface area contributed by atoms with Crippen molar-refractivity contribution >= 4 is 11.6 Å². The maximum atomic E-state index is 6.07. The van der Waals surface area contributed by atoms with Crippen molar-refractivity contribution in [1.82, 2.24) is 9.97 Å². The predicted molar refractivity (Wildman–Crippen MR) is 85.1 cm³/mol. The van der Waals surface area contributed by atoms with Gasteiger partial charge < -0.3 is 10.6 Å². The lowest BCUT2D eigenvalue weighted by molar-refractivity contribution is 0.547. The fourth-order valence-electron chi connectivity index (χ4n) is 3.07. The molecule has 0 atom stereocenters. The number of hydrogen-bond acceptors (Lipinski definition) is 4. The van der Waals surface area contributed by atoms with E-state index in [1.54, 1.807) is 0 Å². The van der Waals surface area contributed by atoms with Gasteiger partial charge in [0.2, 0.25) is 0 Å². The zero-order chi connectivity index (χ0) is 14.5. The Morgan fingerprint density at radius 1 is 1.15 bits per heavy atom. The number of rotatable bonds is 4. The van der Waals surface area contributed by atoms with Crippen LogP contribution in [0, 0.1) is 6.92 Å². The lowest BCUT2D eigenvalue weighted by Crippen LogP contribution is -2.33. The molecule has 1 saturated carbocycles. The van der Waals surface area contributed by atoms with Crippen molar-refractivity contribution in [2.75, 3.05) is 17.7 Å². The van der Waals surface area contributed by atoms with Crippen LogP contribution in [0.15, 0.2) is 0 Å². The first-order chi connectivity index (χ1) is 9.63. The summed E-state index contributed by atoms with van der Waals surface area (Å²) in [5, 5.41) is 0. The van der Waals surface area contributed by atoms with Gasteiger partial charge in [-0.2, -0.15) is 0 Å². The van der Waals surface area contributed by atoms with Gasteiger partial charge in [-0.1, -0.05) is 32.6 Å². The standard InChI is InChI=1S/C16H28N4/c1-4-9-14-18-15(17)12(2)16(19-14)20(3)13-10-7-5-6-8-11-13/h13H,4-11H2,1-3H3,(H2,17,18,19). The largest absolute Gasteiger partial charge is 0.383 e. The van der Waals surface area contributed by atoms with Gasteiger partial charge in [-0.15, -0.1) is 0 Å². The van der Waals surface area contributed by atoms with Crippen LogP contribution in [0.25, 0.3) is 0 Å². The van der Waals surface area contributed by atoms with E-state index in [4.69, 9.17) is 10.7 Å². The molecule has 0 aliphatic heterocycles. The Bertz CT molecular complexity index is 436. The Balaban J connectivity index is 2.24. The average Bonchev–Trinajstić information content (AvgIpc) is 2.71. The minimum absolute atomic E-state index is 0.597. The molecule has 0 aromatic carbocycles. The van der Waals surface area contributed by atoms with Crippen LogP contribution in [0.5, 0.6) is 0 Å². The van der Waals surface area contributed by atoms with Crippen molar-refractivity contribution in [3.63, 3.8) is 0 Å². The number of anilines is 2. The first-order valence-corrected chi connectivity index (χ1v) is 7.99. The topological polar surface area (TPSA) is 55.0 Å². The number of nitrogens with two attached hydrogens (primary N) is 1. The van der Waals surface area contributed by atoms with E-state index in [0.29, 0.717) is 11.9 Å². The Morgan fingerprint density at radius 3 is 2.40 bits per heavy atom. The molecular formula is C16H28N4. The molecule has 0 spiro atoms. The van der Waals surface area contributed by atoms with Crippen LogP contribution >= 0.6 is 0 Å². The van der Waals surface area contributed by atoms with Crippen molar-refractivity contribution < 1.29 is 0 Å². The van der Waals surface area contributed by atoms with Crippen molar-refractivity contribution in [3.05, 3.63) is 11.4 Å². The van der Waals surface area contributed by atoms with Crippen LogP contribution in [-0.4, -0.2) is 23.1 Å². The molecule has 0 amide bonds. The van der Waals surface area contributed by atoms with Gasteiger partial charge >= 0.3 is 0 Å². The summed E-state index contributed by atoms with van der Waals surface area (Å²) in [6.07, 6.45) is 9.89. The van der Waals surface area contributed by atoms with Crippen LogP contribution in [0.2, 0.25) is 0 Å². The van der Waals surface area contributed by atoms with Gasteiger partial charge in [0.05, 0.1) is 0 Å². The van der Waals surface area contributed by atoms with Crippen molar-refractivity contribution in [1.29, 1.82) is 0 Å². The summed E-state index contributed by atoms with van der Waals surface area (Å²) in [7, 11) is 2.17. The molecule has 112 valence electrons. The van der Waals surface area contributed by atoms with Crippen LogP contribution in [0.1, 0.15) is 63.3 Å². The SMILES string of the molecule is CCCc1nc(N)c(C)c(N(C)C2CCCCCC2)n1. The lowest BCUT2D eigenvalue weighted by Gasteiger charge is -2.30. The normalized spacial score (nSPS) is 16.9. The number of aromatic nitrogens is 2. The van der Waals surface area contributed by atoms with Gasteiger partial charge in [-0.25, -0.2) is 9.97 Å². The molecule has 1 fully saturated rings. The molecule has 1 aliphatic rings. The van der Waals surface area contributed by atoms with Crippen LogP contribution < -0.4 is 10.6 Å². The summed E-state index contributed by atoms with van der Waals surface area (Å²) in [6.45, 7) is 4.18. The molecule has 0 unspecified atom stereocenters. The molecule has 1 heterocycles. The third kappa shape index (κ3) is 3.41. The quantitative estimate of drug-likeness (QED) is 0.855. The maximum Gasteiger partial charge on any atom is 0.137 e. The molecule has 20 heavy (non-hydrogen) atoms. The predicted octanol–water partition coefficient (Wildman–Crippen LogP) is 3.48. The fourth-order valence-corrected chi connectivity index (χ4v) is 3.07. The molecule has 0 radical (unpaired) electrons. The van der Waals surface area contributed by atoms with E-state index in [9.17, 15) is 0 Å². The summed E-state index contributed by atoms with van der Waals surface area (Å²) >= 11 is 0. The maximum absolute atomic E-state index is 6.07. The molecule has 1 aromatic heterocycles. The molecule has 0 saturated heterocycles. The van der Waals surface area contributed by atoms with Gasteiger partial charge in [0.15, 0.2) is 0 Å². The second kappa shape index (κ2) is 6.91. The molecule has 2 N–H and O–H groups in total. The van der Waals surface area contributed by atoms with Crippen LogP contribution in [0.4, 0.5) is 11.6 Å². The monoisotopic (exact) mass is 276 g/mol. The number of nitrogen functional groups attached to an aromatic ring is 1. The zero-order valence-corrected chi connectivity index (χ0v) is 13.2. The molecule has 4 nitrogen and oxygen atoms in total. The van der Waals surface area contributed by atoms with E-state index >= 15 is 0 Å². The molecular weight excluding hydrogens is 248 g/mol. The van der Waals surface area contributed by atoms with Gasteiger partial charge in [0.25, 0.3) is 0 Å². The number of nitrogens with zero attached hydrogens (tertiary/aromatic N) is 3. The Labute approximate surface area is 122 Å². The summed E-state index contributed by atoms with van der Waals surface area (Å²) in [5.74, 6) is 2.55. The van der Waals surface area contributed by atoms with E-state index in [1.807, 2.05) is 6.92 Å². The van der Waals surface area contributed by atoms with Crippen molar-refractivity contribution in [3.8, 4) is 0 Å². The van der Waals surface area contributed by atoms with E-state index in [1.165, 1.54) is 38.5 Å². The lowest BCUT2D eigenvalue weighted by atomic mass is 10.1. The minimum Gasteiger partial charge on any atom is -0.383 e. The molecule has 0 bridgehead atoms. The van der Waals surface area contributed by atoms with E-state index in [-0.39, 0.29) is 0 Å². The molecule has 2 rings (SSSR count). The number of aryl methyl sites for hydroxylation is 1. The van der Waals surface area contributed by atoms with Gasteiger partial charge in [0, 0.05) is 25.1 Å². The third-order valence-electron chi connectivity index (χ3n) is 4.38. The summed E-state index contributed by atoms with van der Waals surface area (Å²) in [5.41, 5.74) is 7.10. The van der Waals surface area contributed by atoms with Crippen LogP contribution in [0.3, 0.4) is 0 Å². The summed E-state index contributed by atoms with van der Waals surface area (Å²) in [4.78, 5) is 11.5. The fraction of sp³-hybridized carbons (Fsp3) is 0.750. The van der Waals surface area contributed by atoms with Gasteiger partial charge in [0.1, 0.15) is 17.5 Å². The molecule has 1 aromatic rings. The van der Waals surface area contributed by atoms with Crippen LogP contribution in [-0.2, 0) is 6.42 Å². The first-order valence-electron chi connectivity index (χ1n) is 7.99. The smallest absolute Gasteiger partial charge is 0.137 e. The molecule has 1 aliphatic carbocycles. The van der Waals surface area contributed by atoms with Gasteiger partial charge in [-0.3, -0.25) is 0 Å². The summed E-state index contributed by atoms with van der Waals surface area (Å²) in [6, 6.07) is 0.597. The van der Waals surface area contributed by atoms with Crippen molar-refractivity contribution in [2.24, 2.45) is 0 Å². The Hall–Kier alpha value is -1.32. The Kier molecular flexibility index (Phi) is 5.21. The highest BCUT2D eigenvalue weighted by Crippen LogP contribution is 2.28. The average molecular weight is 276 g/mol. The second-order valence-electron chi connectivity index (χ2n) is 5.98. The second-order valence-corrected chi connectivity index (χ2v) is 5.98. The van der Waals surface area contributed by atoms with E-state index < -0.39 is 0 Å². The molecule has 4 heteroatoms. The number of hydrogen-bond donors (Lipinski definition) is 1.